The standard InChI is InChI=1S/C19H20N4O4.C19H22N4O2.C18H18N4O3/c1-25-14-5-4-12-6-7-23-13-11-16(21-18(20)17(13)22-19(23)24)27-9-3-2-8-26-15(14)10-12;20-18-17-15-11-16(21-18)25-9-4-2-1-3-6-13-7-5-8-14(10-13)12-23(15)19(24)22-17;19-17-16-14-11-15(20-17)25-9-2-1-8-24-13-5-3-4-12(10-13)6-7-22(14)18(23)21-16/h2-5,10-11H,6-9H2,1H3,(H2,20,21)(H,22,24);5,7-8,10-11H,1-4,6,9,12H2,(H2,20,21)(H,22,24);1-5,10-11H,6-9H2,(H2,19,20)(H,21,23)/b3-2+;;2-1+. The number of H-pyrrole nitrogens is 3. The molecule has 21 heteroatoms. The highest BCUT2D eigenvalue weighted by Gasteiger charge is 2.17. The van der Waals surface area contributed by atoms with Gasteiger partial charge in [-0.05, 0) is 103 Å². The van der Waals surface area contributed by atoms with Crippen LogP contribution in [-0.4, -0.2) is 83.7 Å². The minimum Gasteiger partial charge on any atom is -0.493 e. The molecule has 0 saturated heterocycles. The van der Waals surface area contributed by atoms with Crippen LogP contribution in [0.25, 0.3) is 33.1 Å². The second kappa shape index (κ2) is 23.4. The summed E-state index contributed by atoms with van der Waals surface area (Å²) in [7, 11) is 1.61. The van der Waals surface area contributed by atoms with Crippen LogP contribution < -0.4 is 62.7 Å². The van der Waals surface area contributed by atoms with Crippen molar-refractivity contribution in [2.45, 2.75) is 64.6 Å². The second-order valence-electron chi connectivity index (χ2n) is 18.6. The number of methoxy groups -OCH3 is 1. The number of fused-ring (bicyclic) bond motifs is 9. The van der Waals surface area contributed by atoms with Crippen LogP contribution in [0.3, 0.4) is 0 Å². The summed E-state index contributed by atoms with van der Waals surface area (Å²) >= 11 is 0. The van der Waals surface area contributed by atoms with Crippen molar-refractivity contribution in [2.24, 2.45) is 0 Å². The van der Waals surface area contributed by atoms with Crippen molar-refractivity contribution in [3.63, 3.8) is 0 Å². The first-order valence-electron chi connectivity index (χ1n) is 25.5. The highest BCUT2D eigenvalue weighted by molar-refractivity contribution is 5.87. The first-order valence-corrected chi connectivity index (χ1v) is 25.5. The molecule has 0 saturated carbocycles. The number of pyridine rings is 3. The smallest absolute Gasteiger partial charge is 0.326 e. The third-order valence-electron chi connectivity index (χ3n) is 13.3. The quantitative estimate of drug-likeness (QED) is 0.0943. The van der Waals surface area contributed by atoms with Crippen molar-refractivity contribution in [1.29, 1.82) is 0 Å². The van der Waals surface area contributed by atoms with Crippen LogP contribution in [0.2, 0.25) is 0 Å². The van der Waals surface area contributed by atoms with E-state index in [0.717, 1.165) is 53.6 Å². The van der Waals surface area contributed by atoms with Crippen molar-refractivity contribution < 1.29 is 28.4 Å². The molecule has 9 heterocycles. The Labute approximate surface area is 440 Å². The minimum atomic E-state index is -0.232. The molecular formula is C56H60N12O9. The Bertz CT molecular complexity index is 3810. The Morgan fingerprint density at radius 3 is 1.60 bits per heavy atom. The molecule has 9 N–H and O–H groups in total. The summed E-state index contributed by atoms with van der Waals surface area (Å²) in [5, 5.41) is 0. The Morgan fingerprint density at radius 1 is 0.494 bits per heavy atom. The van der Waals surface area contributed by atoms with E-state index in [0.29, 0.717) is 128 Å². The van der Waals surface area contributed by atoms with E-state index in [9.17, 15) is 14.4 Å². The molecule has 398 valence electrons. The summed E-state index contributed by atoms with van der Waals surface area (Å²) in [6.07, 6.45) is 14.3. The lowest BCUT2D eigenvalue weighted by molar-refractivity contribution is 0.294. The molecular weight excluding hydrogens is 985 g/mol. The maximum Gasteiger partial charge on any atom is 0.326 e. The molecule has 0 unspecified atom stereocenters. The zero-order valence-corrected chi connectivity index (χ0v) is 42.6. The predicted octanol–water partition coefficient (Wildman–Crippen LogP) is 6.61. The fraction of sp³-hybridized carbons (Fsp3) is 0.286. The van der Waals surface area contributed by atoms with Gasteiger partial charge in [0.25, 0.3) is 0 Å². The van der Waals surface area contributed by atoms with Gasteiger partial charge in [-0.3, -0.25) is 13.7 Å². The zero-order valence-electron chi connectivity index (χ0n) is 42.6. The number of anilines is 3. The average molecular weight is 1050 g/mol. The van der Waals surface area contributed by atoms with Crippen molar-refractivity contribution in [1.82, 2.24) is 43.6 Å². The number of hydrogen-bond acceptors (Lipinski definition) is 15. The molecule has 3 aromatic carbocycles. The molecule has 21 nitrogen and oxygen atoms in total. The SMILES string of the molecule is COc1ccc2cc1OC/C=C/COc1cc3c([nH]c(=O)n3CC2)c(N)n1.Nc1nc2cc3c1[nH]c(=O)n3CCc1cccc(c1)OC/C=C/CO2.Nc1nc2cc3c1[nH]c(=O)n3Cc1cccc(c1)CCCCCCO2. The number of nitrogens with two attached hydrogens (primary N) is 3. The van der Waals surface area contributed by atoms with Gasteiger partial charge in [-0.1, -0.05) is 55.3 Å². The van der Waals surface area contributed by atoms with Crippen LogP contribution in [0, 0.1) is 0 Å². The van der Waals surface area contributed by atoms with Crippen molar-refractivity contribution in [3.05, 3.63) is 163 Å². The van der Waals surface area contributed by atoms with E-state index in [2.05, 4.69) is 54.2 Å². The van der Waals surface area contributed by atoms with Gasteiger partial charge in [0.05, 0.1) is 36.8 Å². The van der Waals surface area contributed by atoms with Gasteiger partial charge < -0.3 is 60.6 Å². The van der Waals surface area contributed by atoms with Gasteiger partial charge in [-0.15, -0.1) is 0 Å². The number of aromatic nitrogens is 9. The molecule has 0 atom stereocenters. The van der Waals surface area contributed by atoms with E-state index in [1.54, 1.807) is 39.0 Å². The molecule has 0 fully saturated rings. The number of imidazole rings is 3. The zero-order chi connectivity index (χ0) is 53.3. The third kappa shape index (κ3) is 12.1. The Balaban J connectivity index is 0.000000131. The molecule has 12 bridgehead atoms. The first kappa shape index (κ1) is 51.1. The van der Waals surface area contributed by atoms with Gasteiger partial charge in [-0.2, -0.15) is 15.0 Å². The molecule has 3 aliphatic rings. The van der Waals surface area contributed by atoms with Crippen LogP contribution in [0.4, 0.5) is 17.5 Å². The van der Waals surface area contributed by atoms with E-state index < -0.39 is 0 Å². The number of ether oxygens (including phenoxy) is 6. The molecule has 6 aromatic heterocycles. The monoisotopic (exact) mass is 1040 g/mol. The lowest BCUT2D eigenvalue weighted by atomic mass is 10.0. The van der Waals surface area contributed by atoms with E-state index >= 15 is 0 Å². The Hall–Kier alpha value is -9.40. The number of nitrogens with one attached hydrogen (secondary N) is 3. The number of nitrogens with zero attached hydrogens (tertiary/aromatic N) is 6. The minimum absolute atomic E-state index is 0.185. The lowest BCUT2D eigenvalue weighted by Crippen LogP contribution is -2.18. The Morgan fingerprint density at radius 2 is 0.987 bits per heavy atom. The second-order valence-corrected chi connectivity index (χ2v) is 18.6. The number of hydrogen-bond donors (Lipinski definition) is 6. The molecule has 0 aliphatic carbocycles. The highest BCUT2D eigenvalue weighted by Crippen LogP contribution is 2.30. The van der Waals surface area contributed by atoms with E-state index in [4.69, 9.17) is 45.6 Å². The summed E-state index contributed by atoms with van der Waals surface area (Å²) in [6.45, 7) is 3.60. The van der Waals surface area contributed by atoms with Crippen LogP contribution >= 0.6 is 0 Å². The van der Waals surface area contributed by atoms with E-state index in [1.807, 2.05) is 66.8 Å². The van der Waals surface area contributed by atoms with Crippen LogP contribution in [0.15, 0.2) is 124 Å². The summed E-state index contributed by atoms with van der Waals surface area (Å²) in [6, 6.07) is 27.4. The van der Waals surface area contributed by atoms with Gasteiger partial charge in [0.2, 0.25) is 17.6 Å². The molecule has 9 aromatic rings. The Kier molecular flexibility index (Phi) is 15.5. The van der Waals surface area contributed by atoms with E-state index in [1.165, 1.54) is 12.0 Å². The first-order chi connectivity index (χ1) is 37.6. The third-order valence-corrected chi connectivity index (χ3v) is 13.3. The van der Waals surface area contributed by atoms with Gasteiger partial charge in [0, 0.05) is 31.3 Å². The molecule has 77 heavy (non-hydrogen) atoms. The summed E-state index contributed by atoms with van der Waals surface area (Å²) in [5.41, 5.74) is 25.6. The summed E-state index contributed by atoms with van der Waals surface area (Å²) in [5.74, 6) is 4.14. The maximum absolute atomic E-state index is 12.4. The fourth-order valence-corrected chi connectivity index (χ4v) is 9.39. The number of aromatic amines is 3. The highest BCUT2D eigenvalue weighted by atomic mass is 16.5. The van der Waals surface area contributed by atoms with Gasteiger partial charge in [0.1, 0.15) is 48.7 Å². The lowest BCUT2D eigenvalue weighted by Gasteiger charge is -2.11. The average Bonchev–Trinajstić information content (AvgIpc) is 4.06. The number of rotatable bonds is 1. The van der Waals surface area contributed by atoms with Crippen LogP contribution in [-0.2, 0) is 38.9 Å². The number of aryl methyl sites for hydroxylation is 5. The normalized spacial score (nSPS) is 15.6. The molecule has 0 spiro atoms. The molecule has 0 amide bonds. The molecule has 0 radical (unpaired) electrons. The van der Waals surface area contributed by atoms with Crippen molar-refractivity contribution >= 4 is 50.6 Å². The summed E-state index contributed by atoms with van der Waals surface area (Å²) in [4.78, 5) is 58.2. The number of nitrogen functional groups attached to an aromatic ring is 3. The van der Waals surface area contributed by atoms with Gasteiger partial charge in [0.15, 0.2) is 29.0 Å². The van der Waals surface area contributed by atoms with Crippen LogP contribution in [0.5, 0.6) is 34.9 Å². The van der Waals surface area contributed by atoms with Crippen molar-refractivity contribution in [2.75, 3.05) is 57.3 Å². The topological polar surface area (TPSA) is 285 Å². The summed E-state index contributed by atoms with van der Waals surface area (Å²) < 4.78 is 38.9. The van der Waals surface area contributed by atoms with Crippen molar-refractivity contribution in [3.8, 4) is 34.9 Å². The largest absolute Gasteiger partial charge is 0.493 e. The van der Waals surface area contributed by atoms with E-state index in [-0.39, 0.29) is 28.7 Å². The molecule has 12 rings (SSSR count). The number of benzene rings is 3. The van der Waals surface area contributed by atoms with Gasteiger partial charge in [-0.25, -0.2) is 14.4 Å². The molecule has 3 aliphatic heterocycles. The maximum atomic E-state index is 12.4. The fourth-order valence-electron chi connectivity index (χ4n) is 9.39. The van der Waals surface area contributed by atoms with Gasteiger partial charge >= 0.3 is 17.1 Å². The van der Waals surface area contributed by atoms with Crippen LogP contribution in [0.1, 0.15) is 47.9 Å². The predicted molar refractivity (Wildman–Crippen MR) is 295 cm³/mol.